The summed E-state index contributed by atoms with van der Waals surface area (Å²) in [6.07, 6.45) is -16.9. The molecular weight excluding hydrogens is 492 g/mol. The number of ether oxygens (including phenoxy) is 2. The number of hydrogen-bond acceptors (Lipinski definition) is 14. The van der Waals surface area contributed by atoms with Crippen molar-refractivity contribution in [2.45, 2.75) is 36.6 Å². The van der Waals surface area contributed by atoms with E-state index >= 15 is 0 Å². The number of esters is 4. The van der Waals surface area contributed by atoms with Crippen molar-refractivity contribution in [2.24, 2.45) is 0 Å². The number of aliphatic hydroxyl groups excluding tert-OH is 6. The Balaban J connectivity index is -0.000000130. The summed E-state index contributed by atoms with van der Waals surface area (Å²) < 4.78 is 7.44. The number of aliphatic hydroxyl groups is 6. The summed E-state index contributed by atoms with van der Waals surface area (Å²) in [4.78, 5) is 65.8. The van der Waals surface area contributed by atoms with Crippen LogP contribution in [-0.2, 0) is 38.2 Å². The second-order valence-electron chi connectivity index (χ2n) is 4.83. The van der Waals surface area contributed by atoms with Crippen molar-refractivity contribution in [3.05, 3.63) is 0 Å². The first-order valence-electron chi connectivity index (χ1n) is 6.77. The van der Waals surface area contributed by atoms with Gasteiger partial charge in [0.15, 0.2) is 36.6 Å². The molecule has 0 saturated heterocycles. The van der Waals surface area contributed by atoms with Crippen molar-refractivity contribution in [1.29, 1.82) is 0 Å². The number of carbonyl (C=O) groups is 6. The maximum atomic E-state index is 11.4. The van der Waals surface area contributed by atoms with Crippen molar-refractivity contribution in [2.75, 3.05) is 0 Å². The topological polar surface area (TPSA) is 283 Å². The minimum Gasteiger partial charge on any atom is -1.00 e. The smallest absolute Gasteiger partial charge is 1.00 e. The monoisotopic (exact) mass is 510 g/mol. The van der Waals surface area contributed by atoms with Crippen LogP contribution in [0.4, 0.5) is 0 Å². The Morgan fingerprint density at radius 2 is 0.594 bits per heavy atom. The summed E-state index contributed by atoms with van der Waals surface area (Å²) in [5.41, 5.74) is 0. The number of hydrogen-bond donors (Lipinski definition) is 8. The van der Waals surface area contributed by atoms with Crippen molar-refractivity contribution < 1.29 is 203 Å². The average molecular weight is 510 g/mol. The van der Waals surface area contributed by atoms with E-state index < -0.39 is 72.4 Å². The molecule has 0 amide bonds. The van der Waals surface area contributed by atoms with Gasteiger partial charge in [-0.2, -0.15) is 0 Å². The van der Waals surface area contributed by atoms with Gasteiger partial charge in [-0.25, -0.2) is 28.8 Å². The van der Waals surface area contributed by atoms with Gasteiger partial charge < -0.3 is 56.0 Å². The van der Waals surface area contributed by atoms with Gasteiger partial charge in [-0.3, -0.25) is 0 Å². The van der Waals surface area contributed by atoms with Crippen molar-refractivity contribution in [1.82, 2.24) is 0 Å². The molecule has 0 radical (unpaired) electrons. The Bertz CT molecular complexity index is 634. The average Bonchev–Trinajstić information content (AvgIpc) is 2.63. The van der Waals surface area contributed by atoms with Crippen LogP contribution in [0.3, 0.4) is 0 Å². The van der Waals surface area contributed by atoms with Gasteiger partial charge >= 0.3 is 154 Å². The molecule has 0 saturated carbocycles. The van der Waals surface area contributed by atoms with Gasteiger partial charge in [0.1, 0.15) is 0 Å². The summed E-state index contributed by atoms with van der Waals surface area (Å²) in [7, 11) is 0. The quantitative estimate of drug-likeness (QED) is 0.0811. The number of carboxylic acid groups (broad SMARTS) is 2. The van der Waals surface area contributed by atoms with Crippen molar-refractivity contribution in [3.63, 3.8) is 0 Å². The second kappa shape index (κ2) is 20.2. The summed E-state index contributed by atoms with van der Waals surface area (Å²) in [6.45, 7) is 0. The molecule has 32 heavy (non-hydrogen) atoms. The van der Waals surface area contributed by atoms with E-state index in [1.807, 2.05) is 0 Å². The molecule has 6 atom stereocenters. The Labute approximate surface area is 272 Å². The van der Waals surface area contributed by atoms with Crippen molar-refractivity contribution >= 4 is 35.8 Å². The molecule has 8 N–H and O–H groups in total. The number of carboxylic acids is 2. The normalized spacial score (nSPS) is 15.1. The van der Waals surface area contributed by atoms with Gasteiger partial charge in [-0.05, 0) is 0 Å². The number of carbonyl (C=O) groups excluding carboxylic acids is 4. The van der Waals surface area contributed by atoms with Crippen LogP contribution in [0.25, 0.3) is 0 Å². The first kappa shape index (κ1) is 43.1. The van der Waals surface area contributed by atoms with Crippen molar-refractivity contribution in [3.8, 4) is 0 Å². The second-order valence-corrected chi connectivity index (χ2v) is 4.83. The Kier molecular flexibility index (Phi) is 27.2. The molecule has 0 aromatic heterocycles. The zero-order valence-electron chi connectivity index (χ0n) is 21.3. The van der Waals surface area contributed by atoms with Gasteiger partial charge in [0.25, 0.3) is 0 Å². The molecule has 16 nitrogen and oxygen atoms in total. The van der Waals surface area contributed by atoms with Gasteiger partial charge in [0.05, 0.1) is 0 Å². The van der Waals surface area contributed by atoms with E-state index in [9.17, 15) is 39.0 Å². The summed E-state index contributed by atoms with van der Waals surface area (Å²) in [5, 5.41) is 71.3. The molecule has 20 heteroatoms. The third kappa shape index (κ3) is 13.8. The molecule has 0 fully saturated rings. The maximum Gasteiger partial charge on any atom is 1.00 e. The Morgan fingerprint density at radius 3 is 0.750 bits per heavy atom. The zero-order valence-corrected chi connectivity index (χ0v) is 25.3. The first-order valence-corrected chi connectivity index (χ1v) is 6.77. The molecule has 0 rings (SSSR count). The third-order valence-electron chi connectivity index (χ3n) is 2.77. The van der Waals surface area contributed by atoms with Gasteiger partial charge in [-0.1, -0.05) is 0 Å². The maximum absolute atomic E-state index is 11.4. The molecule has 0 aromatic rings. The summed E-state index contributed by atoms with van der Waals surface area (Å²) >= 11 is 0. The van der Waals surface area contributed by atoms with E-state index in [1.165, 1.54) is 0 Å². The predicted molar refractivity (Wildman–Crippen MR) is 78.0 cm³/mol. The third-order valence-corrected chi connectivity index (χ3v) is 2.77. The molecule has 166 valence electrons. The van der Waals surface area contributed by atoms with Crippen LogP contribution in [0, 0.1) is 0 Å². The molecule has 0 bridgehead atoms. The number of aliphatic carboxylic acids is 2. The molecular formula is C12H18Na4O16. The Morgan fingerprint density at radius 1 is 0.438 bits per heavy atom. The van der Waals surface area contributed by atoms with Crippen LogP contribution >= 0.6 is 0 Å². The fourth-order valence-electron chi connectivity index (χ4n) is 1.23. The first-order chi connectivity index (χ1) is 12.7. The summed E-state index contributed by atoms with van der Waals surface area (Å²) in [5.74, 6) is -12.6. The van der Waals surface area contributed by atoms with Crippen LogP contribution in [0.5, 0.6) is 0 Å². The van der Waals surface area contributed by atoms with E-state index in [1.54, 1.807) is 0 Å². The zero-order chi connectivity index (χ0) is 22.3. The van der Waals surface area contributed by atoms with E-state index in [4.69, 9.17) is 30.6 Å². The van der Waals surface area contributed by atoms with Gasteiger partial charge in [0, 0.05) is 0 Å². The molecule has 0 aliphatic carbocycles. The van der Waals surface area contributed by atoms with E-state index in [2.05, 4.69) is 9.47 Å². The predicted octanol–water partition coefficient (Wildman–Crippen LogP) is -18.1. The summed E-state index contributed by atoms with van der Waals surface area (Å²) in [6, 6.07) is 0. The van der Waals surface area contributed by atoms with Gasteiger partial charge in [0.2, 0.25) is 0 Å². The molecule has 6 unspecified atom stereocenters. The van der Waals surface area contributed by atoms with Crippen LogP contribution in [-0.4, -0.2) is 113 Å². The molecule has 0 spiro atoms. The van der Waals surface area contributed by atoms with E-state index in [-0.39, 0.29) is 124 Å². The molecule has 0 aliphatic rings. The SMILES string of the molecule is O=C(O)C(O)C(O)C(=O)OC(=O)C(O)C(O)C(=O)OC(=O)C(O)C(O)C(=O)O.[H-].[H-].[H-].[H-].[Na+].[Na+].[Na+].[Na+]. The Hall–Kier alpha value is 0.980. The molecule has 0 aromatic carbocycles. The van der Waals surface area contributed by atoms with Crippen LogP contribution < -0.4 is 118 Å². The van der Waals surface area contributed by atoms with Crippen LogP contribution in [0.1, 0.15) is 5.71 Å². The van der Waals surface area contributed by atoms with E-state index in [0.29, 0.717) is 0 Å². The minimum atomic E-state index is -2.94. The van der Waals surface area contributed by atoms with Crippen LogP contribution in [0.2, 0.25) is 0 Å². The van der Waals surface area contributed by atoms with Crippen LogP contribution in [0.15, 0.2) is 0 Å². The van der Waals surface area contributed by atoms with Gasteiger partial charge in [-0.15, -0.1) is 0 Å². The minimum absolute atomic E-state index is 0. The largest absolute Gasteiger partial charge is 1.00 e. The molecule has 0 aliphatic heterocycles. The van der Waals surface area contributed by atoms with E-state index in [0.717, 1.165) is 0 Å². The molecule has 0 heterocycles. The fourth-order valence-corrected chi connectivity index (χ4v) is 1.23. The standard InChI is InChI=1S/C12H14O16.4Na.4H/c13-1(7(19)20)3(15)9(23)27-11(25)5(17)6(18)12(26)28-10(24)4(16)2(14)8(21)22;;;;;;;;/h1-6,13-18H,(H,19,20)(H,21,22);;;;;;;;/q;4*+1;4*-1. The fraction of sp³-hybridized carbons (Fsp3) is 0.500. The number of rotatable bonds is 9.